The van der Waals surface area contributed by atoms with Crippen LogP contribution in [0.25, 0.3) is 5.76 Å². The molecule has 0 aromatic heterocycles. The van der Waals surface area contributed by atoms with Crippen molar-refractivity contribution in [3.63, 3.8) is 0 Å². The molecule has 0 atom stereocenters. The minimum absolute atomic E-state index is 0.00315. The molecule has 6 heteroatoms. The van der Waals surface area contributed by atoms with Gasteiger partial charge in [-0.2, -0.15) is 8.42 Å². The van der Waals surface area contributed by atoms with Crippen LogP contribution in [0.15, 0.2) is 24.3 Å². The first-order valence-electron chi connectivity index (χ1n) is 4.99. The fourth-order valence-electron chi connectivity index (χ4n) is 1.70. The maximum Gasteiger partial charge on any atom is 0.339 e. The van der Waals surface area contributed by atoms with Gasteiger partial charge >= 0.3 is 10.1 Å². The van der Waals surface area contributed by atoms with Gasteiger partial charge in [0.05, 0.1) is 0 Å². The molecule has 2 rings (SSSR count). The first-order chi connectivity index (χ1) is 8.02. The third-order valence-corrected chi connectivity index (χ3v) is 3.13. The number of rotatable bonds is 3. The van der Waals surface area contributed by atoms with Gasteiger partial charge in [0, 0.05) is 5.56 Å². The average Bonchev–Trinajstić information content (AvgIpc) is 2.30. The van der Waals surface area contributed by atoms with Crippen LogP contribution >= 0.6 is 0 Å². The molecule has 0 bridgehead atoms. The number of hydrogen-bond acceptors (Lipinski definition) is 3. The summed E-state index contributed by atoms with van der Waals surface area (Å²) >= 11 is 0. The van der Waals surface area contributed by atoms with Crippen molar-refractivity contribution in [2.24, 2.45) is 0 Å². The number of allylic oxidation sites excluding steroid dienone is 1. The predicted octanol–water partition coefficient (Wildman–Crippen LogP) is 2.39. The van der Waals surface area contributed by atoms with E-state index in [1.807, 2.05) is 0 Å². The van der Waals surface area contributed by atoms with E-state index in [0.29, 0.717) is 18.4 Å². The van der Waals surface area contributed by atoms with Crippen LogP contribution in [0.3, 0.4) is 0 Å². The van der Waals surface area contributed by atoms with Crippen LogP contribution < -0.4 is 0 Å². The quantitative estimate of drug-likeness (QED) is 0.784. The van der Waals surface area contributed by atoms with Crippen molar-refractivity contribution in [2.75, 3.05) is 6.01 Å². The summed E-state index contributed by atoms with van der Waals surface area (Å²) in [5.74, 6) is -0.485. The molecular formula is C11H10F2O3S. The number of benzene rings is 1. The zero-order valence-corrected chi connectivity index (χ0v) is 9.64. The van der Waals surface area contributed by atoms with Gasteiger partial charge in [-0.25, -0.2) is 8.78 Å². The van der Waals surface area contributed by atoms with E-state index in [2.05, 4.69) is 4.18 Å². The monoisotopic (exact) mass is 260 g/mol. The Balaban J connectivity index is 2.38. The summed E-state index contributed by atoms with van der Waals surface area (Å²) in [7, 11) is -4.23. The van der Waals surface area contributed by atoms with E-state index in [9.17, 15) is 17.2 Å². The van der Waals surface area contributed by atoms with Gasteiger partial charge < -0.3 is 4.18 Å². The van der Waals surface area contributed by atoms with E-state index < -0.39 is 21.9 Å². The van der Waals surface area contributed by atoms with Gasteiger partial charge in [-0.15, -0.1) is 0 Å². The van der Waals surface area contributed by atoms with Crippen LogP contribution in [0.4, 0.5) is 8.78 Å². The molecule has 0 saturated heterocycles. The molecule has 0 amide bonds. The van der Waals surface area contributed by atoms with Gasteiger partial charge in [-0.05, 0) is 36.6 Å². The summed E-state index contributed by atoms with van der Waals surface area (Å²) in [5.41, 5.74) is 1.16. The van der Waals surface area contributed by atoms with Gasteiger partial charge in [0.25, 0.3) is 0 Å². The first kappa shape index (κ1) is 12.0. The molecule has 0 unspecified atom stereocenters. The molecule has 0 spiro atoms. The maximum atomic E-state index is 13.1. The minimum Gasteiger partial charge on any atom is -0.380 e. The normalized spacial score (nSPS) is 15.1. The maximum absolute atomic E-state index is 13.1. The molecule has 0 fully saturated rings. The molecule has 3 nitrogen and oxygen atoms in total. The van der Waals surface area contributed by atoms with Crippen molar-refractivity contribution in [3.8, 4) is 0 Å². The number of hydrogen-bond donors (Lipinski definition) is 0. The third-order valence-electron chi connectivity index (χ3n) is 2.43. The Kier molecular flexibility index (Phi) is 3.15. The fourth-order valence-corrected chi connectivity index (χ4v) is 2.18. The minimum atomic E-state index is -4.23. The van der Waals surface area contributed by atoms with Crippen LogP contribution in [-0.4, -0.2) is 14.4 Å². The van der Waals surface area contributed by atoms with Gasteiger partial charge in [-0.3, -0.25) is 0 Å². The Morgan fingerprint density at radius 1 is 1.35 bits per heavy atom. The molecule has 0 N–H and O–H groups in total. The Bertz CT molecular complexity index is 564. The molecule has 0 aliphatic heterocycles. The topological polar surface area (TPSA) is 43.4 Å². The summed E-state index contributed by atoms with van der Waals surface area (Å²) in [6.07, 6.45) is 2.78. The van der Waals surface area contributed by atoms with Crippen LogP contribution in [0.1, 0.15) is 17.5 Å². The average molecular weight is 260 g/mol. The second-order valence-electron chi connectivity index (χ2n) is 3.66. The lowest BCUT2D eigenvalue weighted by molar-refractivity contribution is 0.431. The van der Waals surface area contributed by atoms with Crippen molar-refractivity contribution in [3.05, 3.63) is 41.2 Å². The largest absolute Gasteiger partial charge is 0.380 e. The lowest BCUT2D eigenvalue weighted by Gasteiger charge is -2.17. The fraction of sp³-hybridized carbons (Fsp3) is 0.273. The van der Waals surface area contributed by atoms with E-state index in [-0.39, 0.29) is 5.76 Å². The van der Waals surface area contributed by atoms with Crippen LogP contribution in [0.2, 0.25) is 0 Å². The van der Waals surface area contributed by atoms with Gasteiger partial charge in [0.15, 0.2) is 0 Å². The molecule has 17 heavy (non-hydrogen) atoms. The van der Waals surface area contributed by atoms with E-state index in [1.54, 1.807) is 6.07 Å². The summed E-state index contributed by atoms with van der Waals surface area (Å²) < 4.78 is 51.9. The third kappa shape index (κ3) is 2.63. The molecule has 0 saturated carbocycles. The smallest absolute Gasteiger partial charge is 0.339 e. The second kappa shape index (κ2) is 4.44. The Labute approximate surface area is 97.8 Å². The van der Waals surface area contributed by atoms with Crippen molar-refractivity contribution < 1.29 is 21.4 Å². The summed E-state index contributed by atoms with van der Waals surface area (Å²) in [5, 5.41) is 0. The highest BCUT2D eigenvalue weighted by Gasteiger charge is 2.20. The Morgan fingerprint density at radius 2 is 2.12 bits per heavy atom. The van der Waals surface area contributed by atoms with E-state index in [0.717, 1.165) is 5.56 Å². The molecule has 1 aliphatic rings. The number of halogens is 2. The summed E-state index contributed by atoms with van der Waals surface area (Å²) in [4.78, 5) is 0. The van der Waals surface area contributed by atoms with Crippen molar-refractivity contribution in [1.29, 1.82) is 0 Å². The van der Waals surface area contributed by atoms with Gasteiger partial charge in [-0.1, -0.05) is 6.07 Å². The Morgan fingerprint density at radius 3 is 2.82 bits per heavy atom. The SMILES string of the molecule is O=S(=O)(CF)OC1=CCCc2ccc(F)cc21. The first-order valence-corrected chi connectivity index (χ1v) is 6.56. The number of aryl methyl sites for hydroxylation is 1. The lowest BCUT2D eigenvalue weighted by Crippen LogP contribution is -2.10. The standard InChI is InChI=1S/C11H10F2O3S/c12-7-17(14,15)16-11-3-1-2-8-4-5-9(13)6-10(8)11/h3-6H,1-2,7H2. The molecular weight excluding hydrogens is 250 g/mol. The van der Waals surface area contributed by atoms with Gasteiger partial charge in [0.2, 0.25) is 6.01 Å². The van der Waals surface area contributed by atoms with E-state index in [4.69, 9.17) is 0 Å². The molecule has 1 aromatic carbocycles. The van der Waals surface area contributed by atoms with Crippen molar-refractivity contribution in [1.82, 2.24) is 0 Å². The highest BCUT2D eigenvalue weighted by molar-refractivity contribution is 7.86. The van der Waals surface area contributed by atoms with Crippen LogP contribution in [-0.2, 0) is 20.7 Å². The predicted molar refractivity (Wildman–Crippen MR) is 58.7 cm³/mol. The van der Waals surface area contributed by atoms with E-state index >= 15 is 0 Å². The summed E-state index contributed by atoms with van der Waals surface area (Å²) in [6.45, 7) is 0. The zero-order chi connectivity index (χ0) is 12.5. The highest BCUT2D eigenvalue weighted by atomic mass is 32.2. The molecule has 92 valence electrons. The highest BCUT2D eigenvalue weighted by Crippen LogP contribution is 2.29. The molecule has 1 aliphatic carbocycles. The second-order valence-corrected chi connectivity index (χ2v) is 5.16. The van der Waals surface area contributed by atoms with Gasteiger partial charge in [0.1, 0.15) is 11.6 Å². The van der Waals surface area contributed by atoms with E-state index in [1.165, 1.54) is 18.2 Å². The van der Waals surface area contributed by atoms with Crippen molar-refractivity contribution in [2.45, 2.75) is 12.8 Å². The Hall–Kier alpha value is -1.43. The molecule has 0 radical (unpaired) electrons. The molecule has 1 aromatic rings. The number of alkyl halides is 1. The van der Waals surface area contributed by atoms with Crippen LogP contribution in [0.5, 0.6) is 0 Å². The lowest BCUT2D eigenvalue weighted by atomic mass is 9.96. The van der Waals surface area contributed by atoms with Crippen molar-refractivity contribution >= 4 is 15.9 Å². The summed E-state index contributed by atoms with van der Waals surface area (Å²) in [6, 6.07) is 2.46. The van der Waals surface area contributed by atoms with Crippen LogP contribution in [0, 0.1) is 5.82 Å². The molecule has 0 heterocycles. The number of fused-ring (bicyclic) bond motifs is 1. The zero-order valence-electron chi connectivity index (χ0n) is 8.82.